The fraction of sp³-hybridized carbons (Fsp3) is 0.583. The first-order valence-corrected chi connectivity index (χ1v) is 6.46. The van der Waals surface area contributed by atoms with Crippen LogP contribution in [0.4, 0.5) is 0 Å². The molecule has 0 aromatic carbocycles. The van der Waals surface area contributed by atoms with Crippen LogP contribution < -0.4 is 5.32 Å². The minimum absolute atomic E-state index is 0.693. The Morgan fingerprint density at radius 2 is 2.28 bits per heavy atom. The van der Waals surface area contributed by atoms with Gasteiger partial charge in [-0.2, -0.15) is 10.2 Å². The molecule has 1 aliphatic carbocycles. The smallest absolute Gasteiger partial charge is 0.141 e. The average Bonchev–Trinajstić information content (AvgIpc) is 2.93. The molecule has 6 heteroatoms. The van der Waals surface area contributed by atoms with Crippen molar-refractivity contribution in [3.8, 4) is 0 Å². The second kappa shape index (κ2) is 4.89. The average molecular weight is 246 g/mol. The molecule has 1 fully saturated rings. The standard InChI is InChI=1S/C12H18N6/c1-2-17-7-10(5-15-17)8-18-12(14-9-16-18)6-13-11-3-4-11/h5,7,9,11,13H,2-4,6,8H2,1H3. The molecule has 1 saturated carbocycles. The van der Waals surface area contributed by atoms with Crippen LogP contribution in [0.5, 0.6) is 0 Å². The fourth-order valence-corrected chi connectivity index (χ4v) is 1.91. The topological polar surface area (TPSA) is 60.6 Å². The molecule has 96 valence electrons. The molecule has 0 atom stereocenters. The predicted molar refractivity (Wildman–Crippen MR) is 66.9 cm³/mol. The van der Waals surface area contributed by atoms with Gasteiger partial charge in [-0.25, -0.2) is 9.67 Å². The molecule has 0 bridgehead atoms. The van der Waals surface area contributed by atoms with Gasteiger partial charge in [0.1, 0.15) is 12.2 Å². The summed E-state index contributed by atoms with van der Waals surface area (Å²) in [6.45, 7) is 4.51. The zero-order valence-corrected chi connectivity index (χ0v) is 10.6. The molecular formula is C12H18N6. The monoisotopic (exact) mass is 246 g/mol. The van der Waals surface area contributed by atoms with Crippen LogP contribution in [0.2, 0.25) is 0 Å². The third-order valence-corrected chi connectivity index (χ3v) is 3.16. The van der Waals surface area contributed by atoms with Crippen LogP contribution in [0.25, 0.3) is 0 Å². The maximum absolute atomic E-state index is 4.30. The first-order chi connectivity index (χ1) is 8.85. The molecule has 0 aliphatic heterocycles. The third kappa shape index (κ3) is 2.59. The van der Waals surface area contributed by atoms with E-state index in [4.69, 9.17) is 0 Å². The van der Waals surface area contributed by atoms with Gasteiger partial charge in [0.05, 0.1) is 19.3 Å². The van der Waals surface area contributed by atoms with Gasteiger partial charge in [0.15, 0.2) is 0 Å². The molecular weight excluding hydrogens is 228 g/mol. The highest BCUT2D eigenvalue weighted by Crippen LogP contribution is 2.19. The molecule has 0 unspecified atom stereocenters. The first-order valence-electron chi connectivity index (χ1n) is 6.46. The van der Waals surface area contributed by atoms with Gasteiger partial charge in [-0.05, 0) is 19.8 Å². The van der Waals surface area contributed by atoms with Crippen molar-refractivity contribution in [1.29, 1.82) is 0 Å². The van der Waals surface area contributed by atoms with E-state index in [9.17, 15) is 0 Å². The Hall–Kier alpha value is -1.69. The van der Waals surface area contributed by atoms with Gasteiger partial charge in [-0.15, -0.1) is 0 Å². The summed E-state index contributed by atoms with van der Waals surface area (Å²) >= 11 is 0. The van der Waals surface area contributed by atoms with Crippen molar-refractivity contribution >= 4 is 0 Å². The molecule has 1 aliphatic rings. The Labute approximate surface area is 106 Å². The van der Waals surface area contributed by atoms with E-state index >= 15 is 0 Å². The molecule has 0 radical (unpaired) electrons. The van der Waals surface area contributed by atoms with Crippen LogP contribution in [0.15, 0.2) is 18.7 Å². The molecule has 0 saturated heterocycles. The largest absolute Gasteiger partial charge is 0.307 e. The van der Waals surface area contributed by atoms with Crippen LogP contribution >= 0.6 is 0 Å². The Kier molecular flexibility index (Phi) is 3.10. The molecule has 2 aromatic heterocycles. The highest BCUT2D eigenvalue weighted by atomic mass is 15.3. The molecule has 0 amide bonds. The van der Waals surface area contributed by atoms with Gasteiger partial charge in [-0.3, -0.25) is 4.68 Å². The van der Waals surface area contributed by atoms with Crippen molar-refractivity contribution in [3.05, 3.63) is 30.1 Å². The predicted octanol–water partition coefficient (Wildman–Crippen LogP) is 0.795. The summed E-state index contributed by atoms with van der Waals surface area (Å²) in [5.74, 6) is 0.992. The van der Waals surface area contributed by atoms with Crippen molar-refractivity contribution in [2.75, 3.05) is 0 Å². The number of aromatic nitrogens is 5. The highest BCUT2D eigenvalue weighted by molar-refractivity contribution is 5.05. The lowest BCUT2D eigenvalue weighted by atomic mass is 10.3. The summed E-state index contributed by atoms with van der Waals surface area (Å²) in [6.07, 6.45) is 8.14. The maximum Gasteiger partial charge on any atom is 0.141 e. The lowest BCUT2D eigenvalue weighted by Crippen LogP contribution is -2.19. The van der Waals surface area contributed by atoms with E-state index in [-0.39, 0.29) is 0 Å². The molecule has 1 N–H and O–H groups in total. The molecule has 6 nitrogen and oxygen atoms in total. The summed E-state index contributed by atoms with van der Waals surface area (Å²) in [4.78, 5) is 4.30. The van der Waals surface area contributed by atoms with Crippen LogP contribution in [0, 0.1) is 0 Å². The summed E-state index contributed by atoms with van der Waals surface area (Å²) in [5.41, 5.74) is 1.16. The normalized spacial score (nSPS) is 15.2. The van der Waals surface area contributed by atoms with Gasteiger partial charge in [0.2, 0.25) is 0 Å². The van der Waals surface area contributed by atoms with E-state index in [1.807, 2.05) is 15.6 Å². The number of hydrogen-bond donors (Lipinski definition) is 1. The molecule has 3 rings (SSSR count). The lowest BCUT2D eigenvalue weighted by Gasteiger charge is -2.05. The Bertz CT molecular complexity index is 510. The highest BCUT2D eigenvalue weighted by Gasteiger charge is 2.21. The van der Waals surface area contributed by atoms with Crippen LogP contribution in [0.1, 0.15) is 31.2 Å². The number of hydrogen-bond acceptors (Lipinski definition) is 4. The summed E-state index contributed by atoms with van der Waals surface area (Å²) in [5, 5.41) is 12.0. The van der Waals surface area contributed by atoms with E-state index in [2.05, 4.69) is 33.6 Å². The van der Waals surface area contributed by atoms with Crippen LogP contribution in [0.3, 0.4) is 0 Å². The van der Waals surface area contributed by atoms with E-state index in [0.717, 1.165) is 31.0 Å². The van der Waals surface area contributed by atoms with Crippen molar-refractivity contribution < 1.29 is 0 Å². The van der Waals surface area contributed by atoms with Crippen molar-refractivity contribution in [2.45, 2.75) is 45.4 Å². The van der Waals surface area contributed by atoms with Gasteiger partial charge in [-0.1, -0.05) is 0 Å². The second-order valence-corrected chi connectivity index (χ2v) is 4.69. The quantitative estimate of drug-likeness (QED) is 0.819. The minimum Gasteiger partial charge on any atom is -0.307 e. The number of nitrogens with one attached hydrogen (secondary N) is 1. The molecule has 0 spiro atoms. The van der Waals surface area contributed by atoms with Crippen molar-refractivity contribution in [2.24, 2.45) is 0 Å². The summed E-state index contributed by atoms with van der Waals surface area (Å²) < 4.78 is 3.86. The van der Waals surface area contributed by atoms with Gasteiger partial charge >= 0.3 is 0 Å². The number of nitrogens with zero attached hydrogens (tertiary/aromatic N) is 5. The third-order valence-electron chi connectivity index (χ3n) is 3.16. The van der Waals surface area contributed by atoms with E-state index < -0.39 is 0 Å². The maximum atomic E-state index is 4.30. The van der Waals surface area contributed by atoms with Crippen molar-refractivity contribution in [3.63, 3.8) is 0 Å². The molecule has 18 heavy (non-hydrogen) atoms. The van der Waals surface area contributed by atoms with Crippen molar-refractivity contribution in [1.82, 2.24) is 29.9 Å². The van der Waals surface area contributed by atoms with E-state index in [1.165, 1.54) is 12.8 Å². The van der Waals surface area contributed by atoms with Gasteiger partial charge < -0.3 is 5.32 Å². The summed E-state index contributed by atoms with van der Waals surface area (Å²) in [6, 6.07) is 0.693. The van der Waals surface area contributed by atoms with E-state index in [0.29, 0.717) is 6.04 Å². The lowest BCUT2D eigenvalue weighted by molar-refractivity contribution is 0.582. The fourth-order valence-electron chi connectivity index (χ4n) is 1.91. The summed E-state index contributed by atoms with van der Waals surface area (Å²) in [7, 11) is 0. The van der Waals surface area contributed by atoms with Crippen LogP contribution in [-0.2, 0) is 19.6 Å². The van der Waals surface area contributed by atoms with E-state index in [1.54, 1.807) is 6.33 Å². The Balaban J connectivity index is 1.65. The molecule has 2 heterocycles. The van der Waals surface area contributed by atoms with Gasteiger partial charge in [0, 0.05) is 24.3 Å². The second-order valence-electron chi connectivity index (χ2n) is 4.69. The number of rotatable bonds is 6. The molecule has 2 aromatic rings. The Morgan fingerprint density at radius 1 is 1.39 bits per heavy atom. The SMILES string of the molecule is CCn1cc(Cn2ncnc2CNC2CC2)cn1. The zero-order valence-electron chi connectivity index (χ0n) is 10.6. The minimum atomic E-state index is 0.693. The first kappa shape index (κ1) is 11.4. The van der Waals surface area contributed by atoms with Gasteiger partial charge in [0.25, 0.3) is 0 Å². The van der Waals surface area contributed by atoms with Crippen LogP contribution in [-0.4, -0.2) is 30.6 Å². The zero-order chi connectivity index (χ0) is 12.4. The number of aryl methyl sites for hydroxylation is 1. The Morgan fingerprint density at radius 3 is 3.00 bits per heavy atom.